The molecule has 4 heteroatoms. The fraction of sp³-hybridized carbons (Fsp3) is 0.417. The Morgan fingerprint density at radius 2 is 1.81 bits per heavy atom. The molecule has 16 heavy (non-hydrogen) atoms. The number of carbonyl (C=O) groups excluding carboxylic acids is 1. The lowest BCUT2D eigenvalue weighted by Gasteiger charge is -2.20. The van der Waals surface area contributed by atoms with Crippen LogP contribution in [0.5, 0.6) is 0 Å². The number of hydrogen-bond acceptors (Lipinski definition) is 3. The second-order valence-electron chi connectivity index (χ2n) is 3.96. The van der Waals surface area contributed by atoms with Gasteiger partial charge in [0, 0.05) is 18.7 Å². The zero-order chi connectivity index (χ0) is 11.4. The summed E-state index contributed by atoms with van der Waals surface area (Å²) in [5.74, 6) is 0.171. The van der Waals surface area contributed by atoms with Crippen molar-refractivity contribution >= 4 is 17.3 Å². The van der Waals surface area contributed by atoms with Gasteiger partial charge in [-0.25, -0.2) is 0 Å². The van der Waals surface area contributed by atoms with E-state index in [1.54, 1.807) is 29.2 Å². The highest BCUT2D eigenvalue weighted by Gasteiger charge is 2.17. The predicted molar refractivity (Wildman–Crippen MR) is 62.7 cm³/mol. The summed E-state index contributed by atoms with van der Waals surface area (Å²) in [7, 11) is 0. The molecule has 1 fully saturated rings. The van der Waals surface area contributed by atoms with Crippen molar-refractivity contribution in [3.05, 3.63) is 29.2 Å². The summed E-state index contributed by atoms with van der Waals surface area (Å²) in [5, 5.41) is 2.84. The van der Waals surface area contributed by atoms with E-state index in [4.69, 9.17) is 0 Å². The van der Waals surface area contributed by atoms with Crippen LogP contribution in [0.25, 0.3) is 0 Å². The summed E-state index contributed by atoms with van der Waals surface area (Å²) in [5.41, 5.74) is 1.25. The van der Waals surface area contributed by atoms with Crippen LogP contribution in [-0.2, 0) is 4.79 Å². The fourth-order valence-corrected chi connectivity index (χ4v) is 1.95. The lowest BCUT2D eigenvalue weighted by molar-refractivity contribution is -0.118. The van der Waals surface area contributed by atoms with Crippen molar-refractivity contribution in [2.75, 3.05) is 11.4 Å². The van der Waals surface area contributed by atoms with Gasteiger partial charge in [0.2, 0.25) is 5.91 Å². The second-order valence-corrected chi connectivity index (χ2v) is 3.96. The van der Waals surface area contributed by atoms with Crippen molar-refractivity contribution in [1.82, 2.24) is 0 Å². The molecule has 0 bridgehead atoms. The van der Waals surface area contributed by atoms with E-state index in [1.165, 1.54) is 0 Å². The Balaban J connectivity index is 2.20. The molecule has 4 nitrogen and oxygen atoms in total. The topological polar surface area (TPSA) is 49.7 Å². The molecule has 0 aromatic heterocycles. The Kier molecular flexibility index (Phi) is 3.29. The Hall–Kier alpha value is -1.71. The minimum Gasteiger partial charge on any atom is -0.312 e. The Morgan fingerprint density at radius 1 is 1.06 bits per heavy atom. The maximum absolute atomic E-state index is 11.8. The van der Waals surface area contributed by atoms with Crippen LogP contribution in [0.4, 0.5) is 11.4 Å². The molecule has 0 N–H and O–H groups in total. The summed E-state index contributed by atoms with van der Waals surface area (Å²) in [6.07, 6.45) is 3.74. The molecule has 0 aliphatic carbocycles. The molecular formula is C12H14N2O2. The van der Waals surface area contributed by atoms with Crippen LogP contribution in [0.1, 0.15) is 25.7 Å². The van der Waals surface area contributed by atoms with Crippen molar-refractivity contribution in [2.45, 2.75) is 25.7 Å². The molecule has 2 rings (SSSR count). The van der Waals surface area contributed by atoms with E-state index in [0.717, 1.165) is 31.5 Å². The van der Waals surface area contributed by atoms with Gasteiger partial charge in [0.25, 0.3) is 0 Å². The molecule has 1 amide bonds. The third-order valence-electron chi connectivity index (χ3n) is 2.84. The van der Waals surface area contributed by atoms with E-state index in [9.17, 15) is 9.70 Å². The Labute approximate surface area is 94.2 Å². The van der Waals surface area contributed by atoms with Crippen LogP contribution in [0, 0.1) is 4.91 Å². The van der Waals surface area contributed by atoms with Gasteiger partial charge in [0.15, 0.2) is 0 Å². The van der Waals surface area contributed by atoms with E-state index in [0.29, 0.717) is 12.1 Å². The SMILES string of the molecule is O=Nc1ccc(N2CCCCCC2=O)cc1. The Bertz CT molecular complexity index is 387. The standard InChI is InChI=1S/C12H14N2O2/c15-12-4-2-1-3-9-14(12)11-7-5-10(13-16)6-8-11/h5-8H,1-4,9H2. The smallest absolute Gasteiger partial charge is 0.226 e. The third-order valence-corrected chi connectivity index (χ3v) is 2.84. The van der Waals surface area contributed by atoms with E-state index >= 15 is 0 Å². The molecule has 1 heterocycles. The van der Waals surface area contributed by atoms with Crippen molar-refractivity contribution in [2.24, 2.45) is 5.18 Å². The van der Waals surface area contributed by atoms with Gasteiger partial charge in [-0.3, -0.25) is 4.79 Å². The molecule has 1 aliphatic heterocycles. The number of benzene rings is 1. The summed E-state index contributed by atoms with van der Waals surface area (Å²) in [6.45, 7) is 0.771. The monoisotopic (exact) mass is 218 g/mol. The molecule has 1 aromatic carbocycles. The number of anilines is 1. The zero-order valence-corrected chi connectivity index (χ0v) is 9.06. The molecular weight excluding hydrogens is 204 g/mol. The quantitative estimate of drug-likeness (QED) is 0.716. The van der Waals surface area contributed by atoms with Crippen LogP contribution >= 0.6 is 0 Å². The minimum atomic E-state index is 0.171. The highest BCUT2D eigenvalue weighted by Crippen LogP contribution is 2.23. The number of amides is 1. The van der Waals surface area contributed by atoms with E-state index in [2.05, 4.69) is 5.18 Å². The van der Waals surface area contributed by atoms with Crippen LogP contribution in [0.15, 0.2) is 29.4 Å². The highest BCUT2D eigenvalue weighted by molar-refractivity contribution is 5.93. The van der Waals surface area contributed by atoms with Gasteiger partial charge in [-0.15, -0.1) is 4.91 Å². The van der Waals surface area contributed by atoms with E-state index in [-0.39, 0.29) is 5.91 Å². The van der Waals surface area contributed by atoms with E-state index < -0.39 is 0 Å². The number of rotatable bonds is 2. The number of nitroso groups, excluding NO2 is 1. The molecule has 1 aliphatic rings. The average molecular weight is 218 g/mol. The summed E-state index contributed by atoms with van der Waals surface area (Å²) in [4.78, 5) is 23.9. The first-order valence-corrected chi connectivity index (χ1v) is 5.55. The maximum Gasteiger partial charge on any atom is 0.226 e. The predicted octanol–water partition coefficient (Wildman–Crippen LogP) is 2.99. The van der Waals surface area contributed by atoms with Crippen LogP contribution in [0.2, 0.25) is 0 Å². The Morgan fingerprint density at radius 3 is 2.50 bits per heavy atom. The average Bonchev–Trinajstić information content (AvgIpc) is 2.54. The number of carbonyl (C=O) groups is 1. The van der Waals surface area contributed by atoms with Crippen LogP contribution in [-0.4, -0.2) is 12.5 Å². The molecule has 1 aromatic rings. The van der Waals surface area contributed by atoms with E-state index in [1.807, 2.05) is 0 Å². The summed E-state index contributed by atoms with van der Waals surface area (Å²) in [6, 6.07) is 6.83. The number of hydrogen-bond donors (Lipinski definition) is 0. The van der Waals surface area contributed by atoms with Crippen molar-refractivity contribution in [1.29, 1.82) is 0 Å². The maximum atomic E-state index is 11.8. The molecule has 0 spiro atoms. The highest BCUT2D eigenvalue weighted by atomic mass is 16.3. The van der Waals surface area contributed by atoms with Gasteiger partial charge in [-0.05, 0) is 42.3 Å². The van der Waals surface area contributed by atoms with Gasteiger partial charge in [-0.1, -0.05) is 6.42 Å². The van der Waals surface area contributed by atoms with Crippen LogP contribution < -0.4 is 4.90 Å². The molecule has 0 radical (unpaired) electrons. The molecule has 84 valence electrons. The van der Waals surface area contributed by atoms with Gasteiger partial charge < -0.3 is 4.90 Å². The van der Waals surface area contributed by atoms with Gasteiger partial charge in [0.1, 0.15) is 5.69 Å². The first-order chi connectivity index (χ1) is 7.81. The number of nitrogens with zero attached hydrogens (tertiary/aromatic N) is 2. The molecule has 0 saturated carbocycles. The van der Waals surface area contributed by atoms with Crippen molar-refractivity contribution in [3.8, 4) is 0 Å². The molecule has 0 atom stereocenters. The first-order valence-electron chi connectivity index (χ1n) is 5.55. The molecule has 1 saturated heterocycles. The lowest BCUT2D eigenvalue weighted by atomic mass is 10.2. The van der Waals surface area contributed by atoms with Crippen LogP contribution in [0.3, 0.4) is 0 Å². The first kappa shape index (κ1) is 10.8. The molecule has 0 unspecified atom stereocenters. The minimum absolute atomic E-state index is 0.171. The third kappa shape index (κ3) is 2.27. The van der Waals surface area contributed by atoms with Gasteiger partial charge >= 0.3 is 0 Å². The fourth-order valence-electron chi connectivity index (χ4n) is 1.95. The summed E-state index contributed by atoms with van der Waals surface area (Å²) >= 11 is 0. The van der Waals surface area contributed by atoms with Crippen molar-refractivity contribution in [3.63, 3.8) is 0 Å². The normalized spacial score (nSPS) is 17.0. The summed E-state index contributed by atoms with van der Waals surface area (Å²) < 4.78 is 0. The van der Waals surface area contributed by atoms with Crippen molar-refractivity contribution < 1.29 is 4.79 Å². The largest absolute Gasteiger partial charge is 0.312 e. The zero-order valence-electron chi connectivity index (χ0n) is 9.06. The van der Waals surface area contributed by atoms with Gasteiger partial charge in [0.05, 0.1) is 0 Å². The lowest BCUT2D eigenvalue weighted by Crippen LogP contribution is -2.29. The second kappa shape index (κ2) is 4.88. The van der Waals surface area contributed by atoms with Gasteiger partial charge in [-0.2, -0.15) is 0 Å².